The van der Waals surface area contributed by atoms with Crippen LogP contribution in [0, 0.1) is 5.92 Å². The Labute approximate surface area is 146 Å². The highest BCUT2D eigenvalue weighted by Crippen LogP contribution is 2.28. The summed E-state index contributed by atoms with van der Waals surface area (Å²) < 4.78 is 15.9. The van der Waals surface area contributed by atoms with Crippen molar-refractivity contribution in [1.82, 2.24) is 10.2 Å². The summed E-state index contributed by atoms with van der Waals surface area (Å²) in [6.45, 7) is 3.32. The van der Waals surface area contributed by atoms with Gasteiger partial charge < -0.3 is 24.1 Å². The van der Waals surface area contributed by atoms with Crippen LogP contribution in [0.25, 0.3) is 0 Å². The SMILES string of the molecule is COc1coc(Oc2ccc(C(=O)N[C@@H]3C[C@H]4CCN(C4)C3)cc2)c1. The molecule has 2 saturated heterocycles. The zero-order valence-corrected chi connectivity index (χ0v) is 14.2. The highest BCUT2D eigenvalue weighted by Gasteiger charge is 2.32. The van der Waals surface area contributed by atoms with E-state index in [0.717, 1.165) is 18.9 Å². The van der Waals surface area contributed by atoms with Crippen LogP contribution in [0.1, 0.15) is 23.2 Å². The number of nitrogens with zero attached hydrogens (tertiary/aromatic N) is 1. The Balaban J connectivity index is 1.35. The van der Waals surface area contributed by atoms with Crippen molar-refractivity contribution < 1.29 is 18.7 Å². The van der Waals surface area contributed by atoms with Crippen LogP contribution in [-0.4, -0.2) is 43.6 Å². The van der Waals surface area contributed by atoms with E-state index in [1.165, 1.54) is 25.8 Å². The normalized spacial score (nSPS) is 24.8. The molecule has 0 aliphatic carbocycles. The average Bonchev–Trinajstić information content (AvgIpc) is 3.21. The van der Waals surface area contributed by atoms with Crippen LogP contribution in [0.5, 0.6) is 17.4 Å². The van der Waals surface area contributed by atoms with Crippen molar-refractivity contribution in [1.29, 1.82) is 0 Å². The fourth-order valence-corrected chi connectivity index (χ4v) is 3.68. The first-order valence-electron chi connectivity index (χ1n) is 8.63. The van der Waals surface area contributed by atoms with E-state index in [0.29, 0.717) is 23.0 Å². The van der Waals surface area contributed by atoms with Gasteiger partial charge in [-0.25, -0.2) is 0 Å². The Kier molecular flexibility index (Phi) is 4.36. The Bertz CT molecular complexity index is 728. The standard InChI is InChI=1S/C19H22N2O4/c1-23-17-9-18(24-12-17)25-16-4-2-14(3-5-16)19(22)20-15-8-13-6-7-21(10-13)11-15/h2-5,9,12-13,15H,6-8,10-11H2,1H3,(H,20,22)/t13-,15-/m1/s1. The van der Waals surface area contributed by atoms with Gasteiger partial charge in [-0.2, -0.15) is 0 Å². The minimum absolute atomic E-state index is 0.0290. The molecular formula is C19H22N2O4. The molecule has 25 heavy (non-hydrogen) atoms. The third kappa shape index (κ3) is 3.64. The molecule has 6 heteroatoms. The monoisotopic (exact) mass is 342 g/mol. The van der Waals surface area contributed by atoms with E-state index in [-0.39, 0.29) is 11.9 Å². The van der Waals surface area contributed by atoms with Gasteiger partial charge in [0.2, 0.25) is 0 Å². The van der Waals surface area contributed by atoms with Crippen LogP contribution >= 0.6 is 0 Å². The minimum Gasteiger partial charge on any atom is -0.493 e. The maximum Gasteiger partial charge on any atom is 0.293 e. The molecule has 2 aliphatic rings. The van der Waals surface area contributed by atoms with Crippen molar-refractivity contribution in [2.45, 2.75) is 18.9 Å². The van der Waals surface area contributed by atoms with Crippen molar-refractivity contribution in [3.63, 3.8) is 0 Å². The molecule has 2 fully saturated rings. The molecule has 3 heterocycles. The van der Waals surface area contributed by atoms with Crippen molar-refractivity contribution in [2.24, 2.45) is 5.92 Å². The van der Waals surface area contributed by atoms with E-state index in [1.54, 1.807) is 37.4 Å². The molecule has 2 aromatic rings. The lowest BCUT2D eigenvalue weighted by atomic mass is 9.96. The van der Waals surface area contributed by atoms with E-state index in [2.05, 4.69) is 10.2 Å². The largest absolute Gasteiger partial charge is 0.493 e. The lowest BCUT2D eigenvalue weighted by Crippen LogP contribution is -2.46. The van der Waals surface area contributed by atoms with Crippen molar-refractivity contribution in [3.05, 3.63) is 42.2 Å². The van der Waals surface area contributed by atoms with Gasteiger partial charge in [0.1, 0.15) is 12.0 Å². The number of benzene rings is 1. The topological polar surface area (TPSA) is 63.9 Å². The van der Waals surface area contributed by atoms with E-state index in [1.807, 2.05) is 0 Å². The summed E-state index contributed by atoms with van der Waals surface area (Å²) in [5.74, 6) is 2.26. The molecule has 1 aromatic heterocycles. The maximum atomic E-state index is 12.5. The van der Waals surface area contributed by atoms with Crippen molar-refractivity contribution in [2.75, 3.05) is 26.7 Å². The average molecular weight is 342 g/mol. The van der Waals surface area contributed by atoms with E-state index >= 15 is 0 Å². The van der Waals surface area contributed by atoms with Gasteiger partial charge in [0.25, 0.3) is 11.9 Å². The molecule has 2 bridgehead atoms. The van der Waals surface area contributed by atoms with Crippen LogP contribution in [-0.2, 0) is 0 Å². The highest BCUT2D eigenvalue weighted by atomic mass is 16.6. The van der Waals surface area contributed by atoms with Crippen LogP contribution < -0.4 is 14.8 Å². The molecule has 1 amide bonds. The lowest BCUT2D eigenvalue weighted by Gasteiger charge is -2.30. The van der Waals surface area contributed by atoms with Gasteiger partial charge in [0.05, 0.1) is 13.2 Å². The summed E-state index contributed by atoms with van der Waals surface area (Å²) in [7, 11) is 1.57. The number of hydrogen-bond donors (Lipinski definition) is 1. The second-order valence-corrected chi connectivity index (χ2v) is 6.75. The number of fused-ring (bicyclic) bond motifs is 2. The van der Waals surface area contributed by atoms with Crippen molar-refractivity contribution in [3.8, 4) is 17.4 Å². The van der Waals surface area contributed by atoms with Gasteiger partial charge in [-0.3, -0.25) is 4.79 Å². The zero-order valence-electron chi connectivity index (χ0n) is 14.2. The molecule has 1 N–H and O–H groups in total. The van der Waals surface area contributed by atoms with E-state index in [4.69, 9.17) is 13.9 Å². The van der Waals surface area contributed by atoms with Gasteiger partial charge in [-0.1, -0.05) is 0 Å². The highest BCUT2D eigenvalue weighted by molar-refractivity contribution is 5.94. The number of carbonyl (C=O) groups excluding carboxylic acids is 1. The summed E-state index contributed by atoms with van der Waals surface area (Å²) >= 11 is 0. The van der Waals surface area contributed by atoms with Gasteiger partial charge >= 0.3 is 0 Å². The number of piperidine rings is 1. The van der Waals surface area contributed by atoms with Crippen LogP contribution in [0.2, 0.25) is 0 Å². The molecule has 2 aliphatic heterocycles. The molecule has 1 aromatic carbocycles. The van der Waals surface area contributed by atoms with E-state index in [9.17, 15) is 4.79 Å². The summed E-state index contributed by atoms with van der Waals surface area (Å²) in [6, 6.07) is 8.97. The molecule has 0 saturated carbocycles. The third-order valence-corrected chi connectivity index (χ3v) is 4.92. The molecule has 6 nitrogen and oxygen atoms in total. The number of hydrogen-bond acceptors (Lipinski definition) is 5. The summed E-state index contributed by atoms with van der Waals surface area (Å²) in [5.41, 5.74) is 0.636. The second kappa shape index (κ2) is 6.80. The van der Waals surface area contributed by atoms with Gasteiger partial charge in [0.15, 0.2) is 5.75 Å². The maximum absolute atomic E-state index is 12.5. The predicted octanol–water partition coefficient (Wildman–Crippen LogP) is 2.90. The molecule has 132 valence electrons. The fourth-order valence-electron chi connectivity index (χ4n) is 3.68. The Morgan fingerprint density at radius 1 is 1.24 bits per heavy atom. The zero-order chi connectivity index (χ0) is 17.2. The number of ether oxygens (including phenoxy) is 2. The number of amides is 1. The first kappa shape index (κ1) is 16.0. The molecule has 1 unspecified atom stereocenters. The number of methoxy groups -OCH3 is 1. The number of nitrogens with one attached hydrogen (secondary N) is 1. The minimum atomic E-state index is -0.0290. The first-order chi connectivity index (χ1) is 12.2. The molecule has 4 rings (SSSR count). The van der Waals surface area contributed by atoms with Crippen LogP contribution in [0.3, 0.4) is 0 Å². The Hall–Kier alpha value is -2.47. The summed E-state index contributed by atoms with van der Waals surface area (Å²) in [5, 5.41) is 3.16. The number of furan rings is 1. The van der Waals surface area contributed by atoms with Gasteiger partial charge in [0, 0.05) is 24.7 Å². The number of carbonyl (C=O) groups is 1. The van der Waals surface area contributed by atoms with Crippen molar-refractivity contribution >= 4 is 5.91 Å². The summed E-state index contributed by atoms with van der Waals surface area (Å²) in [6.07, 6.45) is 3.82. The molecule has 3 atom stereocenters. The van der Waals surface area contributed by atoms with Crippen LogP contribution in [0.15, 0.2) is 41.0 Å². The Morgan fingerprint density at radius 2 is 2.08 bits per heavy atom. The van der Waals surface area contributed by atoms with E-state index < -0.39 is 0 Å². The Morgan fingerprint density at radius 3 is 2.80 bits per heavy atom. The number of rotatable bonds is 5. The van der Waals surface area contributed by atoms with Gasteiger partial charge in [-0.05, 0) is 49.6 Å². The fraction of sp³-hybridized carbons (Fsp3) is 0.421. The summed E-state index contributed by atoms with van der Waals surface area (Å²) in [4.78, 5) is 14.9. The quantitative estimate of drug-likeness (QED) is 0.905. The smallest absolute Gasteiger partial charge is 0.293 e. The molecule has 0 spiro atoms. The lowest BCUT2D eigenvalue weighted by molar-refractivity contribution is 0.0909. The second-order valence-electron chi connectivity index (χ2n) is 6.75. The molecular weight excluding hydrogens is 320 g/mol. The van der Waals surface area contributed by atoms with Gasteiger partial charge in [-0.15, -0.1) is 0 Å². The predicted molar refractivity (Wildman–Crippen MR) is 92.2 cm³/mol. The molecule has 0 radical (unpaired) electrons. The van der Waals surface area contributed by atoms with Crippen LogP contribution in [0.4, 0.5) is 0 Å². The first-order valence-corrected chi connectivity index (χ1v) is 8.63. The third-order valence-electron chi connectivity index (χ3n) is 4.92.